The summed E-state index contributed by atoms with van der Waals surface area (Å²) in [5, 5.41) is 11.4. The Kier molecular flexibility index (Phi) is 3.66. The van der Waals surface area contributed by atoms with Crippen molar-refractivity contribution in [2.45, 2.75) is 12.8 Å². The number of thiazole rings is 1. The maximum Gasteiger partial charge on any atom is 0.269 e. The molecule has 1 aromatic heterocycles. The van der Waals surface area contributed by atoms with Crippen LogP contribution in [-0.4, -0.2) is 16.1 Å². The highest BCUT2D eigenvalue weighted by molar-refractivity contribution is 7.15. The van der Waals surface area contributed by atoms with Crippen molar-refractivity contribution < 1.29 is 4.92 Å². The van der Waals surface area contributed by atoms with E-state index in [9.17, 15) is 10.1 Å². The van der Waals surface area contributed by atoms with Crippen LogP contribution in [0.3, 0.4) is 0 Å². The fraction of sp³-hybridized carbons (Fsp3) is 0.111. The molecule has 0 saturated carbocycles. The van der Waals surface area contributed by atoms with Gasteiger partial charge in [0.2, 0.25) is 5.13 Å². The summed E-state index contributed by atoms with van der Waals surface area (Å²) < 4.78 is 0. The molecule has 6 heteroatoms. The summed E-state index contributed by atoms with van der Waals surface area (Å²) >= 11 is 1.61. The minimum Gasteiger partial charge on any atom is -0.258 e. The maximum atomic E-state index is 10.7. The third kappa shape index (κ3) is 2.72. The lowest BCUT2D eigenvalue weighted by molar-refractivity contribution is -0.384. The molecule has 0 spiro atoms. The van der Waals surface area contributed by atoms with E-state index in [0.29, 0.717) is 0 Å². The summed E-state index contributed by atoms with van der Waals surface area (Å²) in [5.41, 5.74) is 4.47. The first-order valence-electron chi connectivity index (χ1n) is 7.57. The second-order valence-electron chi connectivity index (χ2n) is 5.53. The Morgan fingerprint density at radius 3 is 2.71 bits per heavy atom. The van der Waals surface area contributed by atoms with Crippen molar-refractivity contribution in [2.75, 3.05) is 0 Å². The van der Waals surface area contributed by atoms with Crippen LogP contribution < -0.4 is 0 Å². The molecule has 0 aliphatic heterocycles. The zero-order valence-corrected chi connectivity index (χ0v) is 13.5. The molecule has 0 saturated heterocycles. The summed E-state index contributed by atoms with van der Waals surface area (Å²) in [6.07, 6.45) is 3.73. The zero-order chi connectivity index (χ0) is 16.5. The molecule has 0 fully saturated rings. The van der Waals surface area contributed by atoms with Gasteiger partial charge in [-0.05, 0) is 36.1 Å². The summed E-state index contributed by atoms with van der Waals surface area (Å²) in [5.74, 6) is 0. The van der Waals surface area contributed by atoms with Gasteiger partial charge in [0.25, 0.3) is 5.69 Å². The number of fused-ring (bicyclic) bond motifs is 3. The number of non-ortho nitro benzene ring substituents is 1. The van der Waals surface area contributed by atoms with Gasteiger partial charge in [-0.2, -0.15) is 0 Å². The van der Waals surface area contributed by atoms with E-state index in [2.05, 4.69) is 28.2 Å². The topological polar surface area (TPSA) is 68.4 Å². The number of aryl methyl sites for hydroxylation is 2. The van der Waals surface area contributed by atoms with Gasteiger partial charge in [0.1, 0.15) is 0 Å². The minimum absolute atomic E-state index is 0.0773. The minimum atomic E-state index is -0.409. The second-order valence-corrected chi connectivity index (χ2v) is 6.59. The highest BCUT2D eigenvalue weighted by Crippen LogP contribution is 2.38. The molecule has 1 aliphatic carbocycles. The summed E-state index contributed by atoms with van der Waals surface area (Å²) in [4.78, 5) is 20.6. The van der Waals surface area contributed by atoms with E-state index in [-0.39, 0.29) is 5.69 Å². The van der Waals surface area contributed by atoms with Crippen LogP contribution in [0.15, 0.2) is 53.5 Å². The molecular formula is C18H13N3O2S. The van der Waals surface area contributed by atoms with Gasteiger partial charge in [-0.1, -0.05) is 35.6 Å². The van der Waals surface area contributed by atoms with Crippen molar-refractivity contribution >= 4 is 28.4 Å². The van der Waals surface area contributed by atoms with Crippen molar-refractivity contribution in [2.24, 2.45) is 4.99 Å². The van der Waals surface area contributed by atoms with E-state index in [4.69, 9.17) is 0 Å². The number of nitro groups is 1. The molecule has 3 aromatic rings. The molecule has 5 nitrogen and oxygen atoms in total. The third-order valence-corrected chi connectivity index (χ3v) is 5.03. The first-order valence-corrected chi connectivity index (χ1v) is 8.39. The molecule has 118 valence electrons. The predicted octanol–water partition coefficient (Wildman–Crippen LogP) is 4.57. The Bertz CT molecular complexity index is 945. The molecule has 2 aromatic carbocycles. The standard InChI is InChI=1S/C18H13N3O2S/c22-21(23)14-8-5-12(6-9-14)11-19-18-20-17-15-4-2-1-3-13(15)7-10-16(17)24-18/h1-6,8-9,11H,7,10H2. The largest absolute Gasteiger partial charge is 0.269 e. The monoisotopic (exact) mass is 335 g/mol. The van der Waals surface area contributed by atoms with Crippen LogP contribution in [0.4, 0.5) is 10.8 Å². The average Bonchev–Trinajstić information content (AvgIpc) is 3.04. The van der Waals surface area contributed by atoms with Gasteiger partial charge in [0.15, 0.2) is 0 Å². The molecule has 0 amide bonds. The quantitative estimate of drug-likeness (QED) is 0.400. The molecule has 0 radical (unpaired) electrons. The van der Waals surface area contributed by atoms with Gasteiger partial charge in [-0.25, -0.2) is 9.98 Å². The summed E-state index contributed by atoms with van der Waals surface area (Å²) in [6.45, 7) is 0. The first-order chi connectivity index (χ1) is 11.7. The normalized spacial score (nSPS) is 12.8. The van der Waals surface area contributed by atoms with E-state index >= 15 is 0 Å². The van der Waals surface area contributed by atoms with Crippen molar-refractivity contribution in [3.63, 3.8) is 0 Å². The van der Waals surface area contributed by atoms with Crippen molar-refractivity contribution in [1.29, 1.82) is 0 Å². The van der Waals surface area contributed by atoms with E-state index in [1.807, 2.05) is 6.07 Å². The van der Waals surface area contributed by atoms with Crippen LogP contribution in [-0.2, 0) is 12.8 Å². The molecule has 0 atom stereocenters. The third-order valence-electron chi connectivity index (χ3n) is 4.01. The van der Waals surface area contributed by atoms with E-state index < -0.39 is 4.92 Å². The Balaban J connectivity index is 1.61. The predicted molar refractivity (Wildman–Crippen MR) is 95.3 cm³/mol. The number of hydrogen-bond acceptors (Lipinski definition) is 5. The number of nitrogens with zero attached hydrogens (tertiary/aromatic N) is 3. The van der Waals surface area contributed by atoms with Crippen LogP contribution in [0.1, 0.15) is 16.0 Å². The Labute approximate surface area is 142 Å². The van der Waals surface area contributed by atoms with Gasteiger partial charge >= 0.3 is 0 Å². The van der Waals surface area contributed by atoms with Crippen molar-refractivity contribution in [3.05, 3.63) is 74.6 Å². The number of hydrogen-bond donors (Lipinski definition) is 0. The average molecular weight is 335 g/mol. The molecule has 1 heterocycles. The van der Waals surface area contributed by atoms with Crippen LogP contribution in [0.25, 0.3) is 11.3 Å². The van der Waals surface area contributed by atoms with E-state index in [0.717, 1.165) is 29.2 Å². The van der Waals surface area contributed by atoms with Crippen LogP contribution in [0, 0.1) is 10.1 Å². The number of nitro benzene ring substituents is 1. The number of aliphatic imine (C=N–C) groups is 1. The van der Waals surface area contributed by atoms with E-state index in [1.54, 1.807) is 29.7 Å². The van der Waals surface area contributed by atoms with Gasteiger partial charge in [0.05, 0.1) is 10.6 Å². The Morgan fingerprint density at radius 1 is 1.12 bits per heavy atom. The van der Waals surface area contributed by atoms with Gasteiger partial charge < -0.3 is 0 Å². The number of aromatic nitrogens is 1. The SMILES string of the molecule is O=[N+]([O-])c1ccc(C=Nc2nc3c(s2)CCc2ccccc2-3)cc1. The van der Waals surface area contributed by atoms with Crippen molar-refractivity contribution in [1.82, 2.24) is 4.98 Å². The highest BCUT2D eigenvalue weighted by atomic mass is 32.1. The molecule has 0 bridgehead atoms. The Hall–Kier alpha value is -2.86. The van der Waals surface area contributed by atoms with Crippen molar-refractivity contribution in [3.8, 4) is 11.3 Å². The molecule has 1 aliphatic rings. The Morgan fingerprint density at radius 2 is 1.92 bits per heavy atom. The fourth-order valence-corrected chi connectivity index (χ4v) is 3.72. The molecule has 0 N–H and O–H groups in total. The lowest BCUT2D eigenvalue weighted by Gasteiger charge is -2.13. The zero-order valence-electron chi connectivity index (χ0n) is 12.7. The van der Waals surface area contributed by atoms with Crippen LogP contribution >= 0.6 is 11.3 Å². The molecule has 0 unspecified atom stereocenters. The lowest BCUT2D eigenvalue weighted by Crippen LogP contribution is -2.01. The second kappa shape index (κ2) is 5.98. The number of rotatable bonds is 3. The smallest absolute Gasteiger partial charge is 0.258 e. The number of benzene rings is 2. The highest BCUT2D eigenvalue weighted by Gasteiger charge is 2.20. The fourth-order valence-electron chi connectivity index (χ4n) is 2.80. The van der Waals surface area contributed by atoms with Gasteiger partial charge in [-0.3, -0.25) is 10.1 Å². The van der Waals surface area contributed by atoms with Gasteiger partial charge in [-0.15, -0.1) is 0 Å². The van der Waals surface area contributed by atoms with Crippen LogP contribution in [0.2, 0.25) is 0 Å². The van der Waals surface area contributed by atoms with E-state index in [1.165, 1.54) is 28.1 Å². The molecule has 24 heavy (non-hydrogen) atoms. The first kappa shape index (κ1) is 14.7. The summed E-state index contributed by atoms with van der Waals surface area (Å²) in [6, 6.07) is 14.7. The maximum absolute atomic E-state index is 10.7. The van der Waals surface area contributed by atoms with Crippen LogP contribution in [0.5, 0.6) is 0 Å². The summed E-state index contributed by atoms with van der Waals surface area (Å²) in [7, 11) is 0. The van der Waals surface area contributed by atoms with Gasteiger partial charge in [0, 0.05) is 28.8 Å². The molecular weight excluding hydrogens is 322 g/mol. The lowest BCUT2D eigenvalue weighted by atomic mass is 9.94. The molecule has 4 rings (SSSR count).